The van der Waals surface area contributed by atoms with Gasteiger partial charge in [0.05, 0.1) is 22.9 Å². The molecule has 0 amide bonds. The number of benzene rings is 1. The predicted molar refractivity (Wildman–Crippen MR) is 69.7 cm³/mol. The molecule has 1 aromatic heterocycles. The highest BCUT2D eigenvalue weighted by atomic mass is 35.5. The molecule has 0 unspecified atom stereocenters. The molecule has 19 heavy (non-hydrogen) atoms. The molecule has 2 rings (SSSR count). The number of hydrogen-bond acceptors (Lipinski definition) is 4. The third kappa shape index (κ3) is 2.94. The van der Waals surface area contributed by atoms with Crippen molar-refractivity contribution in [2.45, 2.75) is 13.2 Å². The van der Waals surface area contributed by atoms with Gasteiger partial charge in [0.2, 0.25) is 0 Å². The van der Waals surface area contributed by atoms with Crippen LogP contribution in [0.4, 0.5) is 0 Å². The summed E-state index contributed by atoms with van der Waals surface area (Å²) in [6, 6.07) is 8.69. The topological polar surface area (TPSA) is 64.3 Å². The van der Waals surface area contributed by atoms with Gasteiger partial charge in [0, 0.05) is 7.05 Å². The van der Waals surface area contributed by atoms with Crippen molar-refractivity contribution >= 4 is 17.6 Å². The number of nitrogens with zero attached hydrogens (tertiary/aromatic N) is 2. The number of carbonyl (C=O) groups excluding carboxylic acids is 1. The first-order chi connectivity index (χ1) is 9.13. The number of rotatable bonds is 4. The molecule has 0 saturated heterocycles. The Bertz CT molecular complexity index is 581. The average Bonchev–Trinajstić information content (AvgIpc) is 2.72. The fourth-order valence-electron chi connectivity index (χ4n) is 1.64. The molecule has 0 atom stereocenters. The molecular formula is C13H13ClN2O3. The molecule has 0 saturated carbocycles. The third-order valence-electron chi connectivity index (χ3n) is 2.67. The minimum atomic E-state index is -0.427. The Balaban J connectivity index is 2.07. The van der Waals surface area contributed by atoms with E-state index in [1.165, 1.54) is 4.68 Å². The molecule has 0 aliphatic heterocycles. The number of ether oxygens (including phenoxy) is 1. The summed E-state index contributed by atoms with van der Waals surface area (Å²) in [5.74, 6) is -0.427. The zero-order valence-electron chi connectivity index (χ0n) is 10.3. The lowest BCUT2D eigenvalue weighted by atomic mass is 10.2. The molecule has 1 aromatic carbocycles. The maximum Gasteiger partial charge on any atom is 0.338 e. The Morgan fingerprint density at radius 2 is 2.11 bits per heavy atom. The summed E-state index contributed by atoms with van der Waals surface area (Å²) in [6.07, 6.45) is 0. The first-order valence-electron chi connectivity index (χ1n) is 5.66. The molecule has 100 valence electrons. The molecule has 1 N–H and O–H groups in total. The van der Waals surface area contributed by atoms with Crippen molar-refractivity contribution in [3.63, 3.8) is 0 Å². The summed E-state index contributed by atoms with van der Waals surface area (Å²) in [5.41, 5.74) is 1.40. The van der Waals surface area contributed by atoms with Gasteiger partial charge in [-0.1, -0.05) is 29.8 Å². The first-order valence-corrected chi connectivity index (χ1v) is 6.04. The van der Waals surface area contributed by atoms with Crippen LogP contribution >= 0.6 is 11.6 Å². The van der Waals surface area contributed by atoms with Gasteiger partial charge in [-0.15, -0.1) is 0 Å². The molecule has 0 aliphatic carbocycles. The monoisotopic (exact) mass is 280 g/mol. The summed E-state index contributed by atoms with van der Waals surface area (Å²) in [4.78, 5) is 11.8. The van der Waals surface area contributed by atoms with Crippen molar-refractivity contribution in [3.8, 4) is 0 Å². The second-order valence-corrected chi connectivity index (χ2v) is 4.31. The van der Waals surface area contributed by atoms with E-state index in [-0.39, 0.29) is 13.2 Å². The van der Waals surface area contributed by atoms with E-state index in [9.17, 15) is 4.79 Å². The van der Waals surface area contributed by atoms with Crippen LogP contribution in [0.3, 0.4) is 0 Å². The summed E-state index contributed by atoms with van der Waals surface area (Å²) in [7, 11) is 1.68. The Kier molecular flexibility index (Phi) is 4.19. The largest absolute Gasteiger partial charge is 0.456 e. The van der Waals surface area contributed by atoms with Crippen LogP contribution in [0.2, 0.25) is 5.02 Å². The second-order valence-electron chi connectivity index (χ2n) is 3.93. The van der Waals surface area contributed by atoms with Gasteiger partial charge in [-0.05, 0) is 12.1 Å². The fourth-order valence-corrected chi connectivity index (χ4v) is 1.92. The van der Waals surface area contributed by atoms with Crippen molar-refractivity contribution in [2.75, 3.05) is 0 Å². The zero-order valence-corrected chi connectivity index (χ0v) is 11.1. The van der Waals surface area contributed by atoms with E-state index in [4.69, 9.17) is 21.4 Å². The van der Waals surface area contributed by atoms with Gasteiger partial charge >= 0.3 is 5.97 Å². The lowest BCUT2D eigenvalue weighted by Gasteiger charge is -2.05. The van der Waals surface area contributed by atoms with Gasteiger partial charge in [0.25, 0.3) is 0 Å². The second kappa shape index (κ2) is 5.86. The lowest BCUT2D eigenvalue weighted by Crippen LogP contribution is -2.08. The van der Waals surface area contributed by atoms with Gasteiger partial charge in [-0.2, -0.15) is 5.10 Å². The number of aryl methyl sites for hydroxylation is 1. The molecular weight excluding hydrogens is 268 g/mol. The van der Waals surface area contributed by atoms with E-state index < -0.39 is 5.97 Å². The predicted octanol–water partition coefficient (Wildman–Crippen LogP) is 1.92. The quantitative estimate of drug-likeness (QED) is 0.869. The van der Waals surface area contributed by atoms with E-state index in [0.29, 0.717) is 22.0 Å². The van der Waals surface area contributed by atoms with E-state index in [2.05, 4.69) is 5.10 Å². The molecule has 0 radical (unpaired) electrons. The number of aromatic nitrogens is 2. The van der Waals surface area contributed by atoms with Crippen LogP contribution in [0.25, 0.3) is 0 Å². The van der Waals surface area contributed by atoms with Gasteiger partial charge in [0.15, 0.2) is 0 Å². The van der Waals surface area contributed by atoms with E-state index >= 15 is 0 Å². The third-order valence-corrected chi connectivity index (χ3v) is 3.10. The van der Waals surface area contributed by atoms with Crippen LogP contribution in [0, 0.1) is 0 Å². The minimum absolute atomic E-state index is 0.00998. The highest BCUT2D eigenvalue weighted by molar-refractivity contribution is 6.31. The van der Waals surface area contributed by atoms with E-state index in [1.54, 1.807) is 31.3 Å². The molecule has 0 spiro atoms. The van der Waals surface area contributed by atoms with Gasteiger partial charge in [-0.3, -0.25) is 4.68 Å². The molecule has 5 nitrogen and oxygen atoms in total. The van der Waals surface area contributed by atoms with Crippen LogP contribution in [0.1, 0.15) is 21.7 Å². The number of carbonyl (C=O) groups is 1. The first kappa shape index (κ1) is 13.6. The molecule has 0 aliphatic rings. The highest BCUT2D eigenvalue weighted by Crippen LogP contribution is 2.21. The van der Waals surface area contributed by atoms with E-state index in [1.807, 2.05) is 6.07 Å². The molecule has 2 aromatic rings. The normalized spacial score (nSPS) is 10.5. The summed E-state index contributed by atoms with van der Waals surface area (Å²) >= 11 is 6.02. The Morgan fingerprint density at radius 3 is 2.68 bits per heavy atom. The Labute approximate surface area is 115 Å². The summed E-state index contributed by atoms with van der Waals surface area (Å²) in [6.45, 7) is -0.241. The number of aliphatic hydroxyl groups is 1. The number of halogens is 1. The van der Waals surface area contributed by atoms with E-state index in [0.717, 1.165) is 0 Å². The van der Waals surface area contributed by atoms with Crippen LogP contribution in [-0.4, -0.2) is 20.9 Å². The van der Waals surface area contributed by atoms with Crippen molar-refractivity contribution in [2.24, 2.45) is 7.05 Å². The van der Waals surface area contributed by atoms with Gasteiger partial charge in [0.1, 0.15) is 12.3 Å². The van der Waals surface area contributed by atoms with Crippen LogP contribution in [0.15, 0.2) is 30.3 Å². The maximum atomic E-state index is 11.8. The zero-order chi connectivity index (χ0) is 13.8. The number of aliphatic hydroxyl groups excluding tert-OH is 1. The van der Waals surface area contributed by atoms with Gasteiger partial charge < -0.3 is 9.84 Å². The smallest absolute Gasteiger partial charge is 0.338 e. The number of hydrogen-bond donors (Lipinski definition) is 1. The van der Waals surface area contributed by atoms with Crippen LogP contribution < -0.4 is 0 Å². The lowest BCUT2D eigenvalue weighted by molar-refractivity contribution is 0.0463. The van der Waals surface area contributed by atoms with Crippen LogP contribution in [0.5, 0.6) is 0 Å². The summed E-state index contributed by atoms with van der Waals surface area (Å²) in [5, 5.41) is 13.4. The molecule has 6 heteroatoms. The summed E-state index contributed by atoms with van der Waals surface area (Å²) < 4.78 is 6.66. The minimum Gasteiger partial charge on any atom is -0.456 e. The average molecular weight is 281 g/mol. The Hall–Kier alpha value is -1.85. The van der Waals surface area contributed by atoms with Crippen molar-refractivity contribution in [3.05, 3.63) is 52.3 Å². The molecule has 0 bridgehead atoms. The Morgan fingerprint density at radius 1 is 1.42 bits per heavy atom. The SMILES string of the molecule is Cn1nc(CO)c(Cl)c1COC(=O)c1ccccc1. The fraction of sp³-hybridized carbons (Fsp3) is 0.231. The van der Waals surface area contributed by atoms with Crippen molar-refractivity contribution in [1.82, 2.24) is 9.78 Å². The molecule has 1 heterocycles. The number of esters is 1. The van der Waals surface area contributed by atoms with Gasteiger partial charge in [-0.25, -0.2) is 4.79 Å². The van der Waals surface area contributed by atoms with Crippen LogP contribution in [-0.2, 0) is 25.0 Å². The standard InChI is InChI=1S/C13H13ClN2O3/c1-16-11(12(14)10(7-17)15-16)8-19-13(18)9-5-3-2-4-6-9/h2-6,17H,7-8H2,1H3. The highest BCUT2D eigenvalue weighted by Gasteiger charge is 2.15. The van der Waals surface area contributed by atoms with Crippen molar-refractivity contribution in [1.29, 1.82) is 0 Å². The van der Waals surface area contributed by atoms with Crippen molar-refractivity contribution < 1.29 is 14.6 Å². The maximum absolute atomic E-state index is 11.8. The molecule has 0 fully saturated rings.